The van der Waals surface area contributed by atoms with Crippen molar-refractivity contribution in [2.45, 2.75) is 6.42 Å². The van der Waals surface area contributed by atoms with Gasteiger partial charge in [0.25, 0.3) is 0 Å². The molecule has 1 aliphatic carbocycles. The number of rotatable bonds is 2. The summed E-state index contributed by atoms with van der Waals surface area (Å²) in [5, 5.41) is 3.21. The number of nitrogens with two attached hydrogens (primary N) is 1. The van der Waals surface area contributed by atoms with Crippen molar-refractivity contribution in [2.24, 2.45) is 0 Å². The Morgan fingerprint density at radius 1 is 1.00 bits per heavy atom. The first-order valence-electron chi connectivity index (χ1n) is 6.98. The van der Waals surface area contributed by atoms with Gasteiger partial charge in [0, 0.05) is 23.2 Å². The minimum atomic E-state index is -0.273. The maximum atomic E-state index is 13.0. The zero-order chi connectivity index (χ0) is 15.1. The van der Waals surface area contributed by atoms with Gasteiger partial charge in [0.1, 0.15) is 11.6 Å². The Morgan fingerprint density at radius 2 is 1.77 bits per heavy atom. The molecular weight excluding hydrogens is 279 g/mol. The van der Waals surface area contributed by atoms with Crippen LogP contribution in [0.3, 0.4) is 0 Å². The van der Waals surface area contributed by atoms with Crippen molar-refractivity contribution in [3.05, 3.63) is 65.5 Å². The summed E-state index contributed by atoms with van der Waals surface area (Å²) in [6.45, 7) is 0. The molecule has 108 valence electrons. The molecule has 5 heteroatoms. The molecule has 3 N–H and O–H groups in total. The highest BCUT2D eigenvalue weighted by Gasteiger charge is 2.24. The van der Waals surface area contributed by atoms with E-state index in [4.69, 9.17) is 5.73 Å². The summed E-state index contributed by atoms with van der Waals surface area (Å²) in [5.74, 6) is 0.621. The van der Waals surface area contributed by atoms with Crippen LogP contribution in [0.1, 0.15) is 11.1 Å². The van der Waals surface area contributed by atoms with Gasteiger partial charge >= 0.3 is 0 Å². The van der Waals surface area contributed by atoms with Gasteiger partial charge in [-0.15, -0.1) is 0 Å². The summed E-state index contributed by atoms with van der Waals surface area (Å²) in [7, 11) is 0. The smallest absolute Gasteiger partial charge is 0.222 e. The van der Waals surface area contributed by atoms with Gasteiger partial charge < -0.3 is 11.1 Å². The Hall–Kier alpha value is -2.95. The Kier molecular flexibility index (Phi) is 2.79. The summed E-state index contributed by atoms with van der Waals surface area (Å²) >= 11 is 0. The summed E-state index contributed by atoms with van der Waals surface area (Å²) < 4.78 is 13.0. The molecule has 1 aliphatic rings. The van der Waals surface area contributed by atoms with E-state index in [1.807, 2.05) is 18.2 Å². The van der Waals surface area contributed by atoms with E-state index in [0.29, 0.717) is 5.82 Å². The van der Waals surface area contributed by atoms with Gasteiger partial charge in [0.15, 0.2) is 0 Å². The lowest BCUT2D eigenvalue weighted by Crippen LogP contribution is -2.04. The third-order valence-electron chi connectivity index (χ3n) is 3.77. The second-order valence-electron chi connectivity index (χ2n) is 5.22. The van der Waals surface area contributed by atoms with Gasteiger partial charge in [0.05, 0.1) is 5.69 Å². The molecule has 0 unspecified atom stereocenters. The van der Waals surface area contributed by atoms with Crippen molar-refractivity contribution in [1.29, 1.82) is 0 Å². The first-order chi connectivity index (χ1) is 10.7. The number of nitrogen functional groups attached to an aromatic ring is 1. The largest absolute Gasteiger partial charge is 0.368 e. The third kappa shape index (κ3) is 2.07. The monoisotopic (exact) mass is 292 g/mol. The molecule has 0 radical (unpaired) electrons. The number of hydrogen-bond donors (Lipinski definition) is 2. The second-order valence-corrected chi connectivity index (χ2v) is 5.22. The Balaban J connectivity index is 1.79. The fraction of sp³-hybridized carbons (Fsp3) is 0.0588. The molecule has 22 heavy (non-hydrogen) atoms. The summed E-state index contributed by atoms with van der Waals surface area (Å²) in [6.07, 6.45) is 0.759. The lowest BCUT2D eigenvalue weighted by molar-refractivity contribution is 0.628. The topological polar surface area (TPSA) is 63.8 Å². The zero-order valence-corrected chi connectivity index (χ0v) is 11.7. The molecule has 0 aliphatic heterocycles. The van der Waals surface area contributed by atoms with Crippen LogP contribution in [-0.2, 0) is 6.42 Å². The highest BCUT2D eigenvalue weighted by atomic mass is 19.1. The molecule has 0 spiro atoms. The summed E-state index contributed by atoms with van der Waals surface area (Å²) in [4.78, 5) is 8.69. The quantitative estimate of drug-likeness (QED) is 0.593. The number of hydrogen-bond acceptors (Lipinski definition) is 4. The normalized spacial score (nSPS) is 11.9. The van der Waals surface area contributed by atoms with E-state index in [1.165, 1.54) is 17.7 Å². The lowest BCUT2D eigenvalue weighted by atomic mass is 10.1. The molecule has 0 saturated carbocycles. The third-order valence-corrected chi connectivity index (χ3v) is 3.77. The van der Waals surface area contributed by atoms with Crippen molar-refractivity contribution in [3.63, 3.8) is 0 Å². The molecule has 0 fully saturated rings. The summed E-state index contributed by atoms with van der Waals surface area (Å²) in [6, 6.07) is 14.3. The van der Waals surface area contributed by atoms with E-state index >= 15 is 0 Å². The number of fused-ring (bicyclic) bond motifs is 3. The standard InChI is InChI=1S/C17H13FN4/c18-11-5-7-12(8-6-11)20-16-14-9-10-3-1-2-4-13(10)15(14)21-17(19)22-16/h1-8H,9H2,(H3,19,20,21,22). The highest BCUT2D eigenvalue weighted by Crippen LogP contribution is 2.39. The van der Waals surface area contributed by atoms with Crippen LogP contribution in [0.15, 0.2) is 48.5 Å². The number of benzene rings is 2. The van der Waals surface area contributed by atoms with E-state index in [-0.39, 0.29) is 11.8 Å². The number of halogens is 1. The van der Waals surface area contributed by atoms with Crippen LogP contribution in [0.4, 0.5) is 21.8 Å². The Bertz CT molecular complexity index is 859. The Morgan fingerprint density at radius 3 is 2.59 bits per heavy atom. The lowest BCUT2D eigenvalue weighted by Gasteiger charge is -2.11. The van der Waals surface area contributed by atoms with E-state index in [1.54, 1.807) is 12.1 Å². The van der Waals surface area contributed by atoms with Gasteiger partial charge in [-0.3, -0.25) is 0 Å². The molecule has 3 aromatic rings. The number of anilines is 3. The first-order valence-corrected chi connectivity index (χ1v) is 6.98. The molecule has 1 heterocycles. The van der Waals surface area contributed by atoms with Crippen molar-refractivity contribution >= 4 is 17.5 Å². The van der Waals surface area contributed by atoms with Crippen LogP contribution in [0, 0.1) is 5.82 Å². The van der Waals surface area contributed by atoms with E-state index in [9.17, 15) is 4.39 Å². The predicted molar refractivity (Wildman–Crippen MR) is 84.4 cm³/mol. The molecular formula is C17H13FN4. The maximum absolute atomic E-state index is 13.0. The van der Waals surface area contributed by atoms with Crippen LogP contribution in [-0.4, -0.2) is 9.97 Å². The van der Waals surface area contributed by atoms with Crippen molar-refractivity contribution in [2.75, 3.05) is 11.1 Å². The fourth-order valence-electron chi connectivity index (χ4n) is 2.76. The molecule has 0 saturated heterocycles. The van der Waals surface area contributed by atoms with Crippen molar-refractivity contribution in [3.8, 4) is 11.3 Å². The van der Waals surface area contributed by atoms with E-state index < -0.39 is 0 Å². The van der Waals surface area contributed by atoms with E-state index in [2.05, 4.69) is 21.4 Å². The van der Waals surface area contributed by atoms with Gasteiger partial charge in [0.2, 0.25) is 5.95 Å². The SMILES string of the molecule is Nc1nc(Nc2ccc(F)cc2)c2c(n1)-c1ccccc1C2. The molecule has 0 bridgehead atoms. The molecule has 4 nitrogen and oxygen atoms in total. The van der Waals surface area contributed by atoms with Crippen LogP contribution in [0.2, 0.25) is 0 Å². The number of aromatic nitrogens is 2. The van der Waals surface area contributed by atoms with Crippen molar-refractivity contribution in [1.82, 2.24) is 9.97 Å². The molecule has 2 aromatic carbocycles. The number of nitrogens with zero attached hydrogens (tertiary/aromatic N) is 2. The van der Waals surface area contributed by atoms with Crippen LogP contribution in [0.5, 0.6) is 0 Å². The average molecular weight is 292 g/mol. The molecule has 0 atom stereocenters. The number of nitrogens with one attached hydrogen (secondary N) is 1. The average Bonchev–Trinajstić information content (AvgIpc) is 2.89. The zero-order valence-electron chi connectivity index (χ0n) is 11.7. The van der Waals surface area contributed by atoms with Gasteiger partial charge in [-0.2, -0.15) is 4.98 Å². The summed E-state index contributed by atoms with van der Waals surface area (Å²) in [5.41, 5.74) is 10.8. The highest BCUT2D eigenvalue weighted by molar-refractivity contribution is 5.80. The van der Waals surface area contributed by atoms with Gasteiger partial charge in [-0.1, -0.05) is 24.3 Å². The maximum Gasteiger partial charge on any atom is 0.222 e. The minimum absolute atomic E-state index is 0.222. The Labute approximate surface area is 126 Å². The predicted octanol–water partition coefficient (Wildman–Crippen LogP) is 3.51. The molecule has 0 amide bonds. The van der Waals surface area contributed by atoms with Gasteiger partial charge in [-0.05, 0) is 29.8 Å². The molecule has 4 rings (SSSR count). The minimum Gasteiger partial charge on any atom is -0.368 e. The second kappa shape index (κ2) is 4.80. The van der Waals surface area contributed by atoms with Crippen LogP contribution >= 0.6 is 0 Å². The van der Waals surface area contributed by atoms with Gasteiger partial charge in [-0.25, -0.2) is 9.37 Å². The first kappa shape index (κ1) is 12.8. The van der Waals surface area contributed by atoms with Crippen LogP contribution in [0.25, 0.3) is 11.3 Å². The fourth-order valence-corrected chi connectivity index (χ4v) is 2.76. The van der Waals surface area contributed by atoms with E-state index in [0.717, 1.165) is 28.9 Å². The van der Waals surface area contributed by atoms with Crippen LogP contribution < -0.4 is 11.1 Å². The van der Waals surface area contributed by atoms with Crippen molar-refractivity contribution < 1.29 is 4.39 Å². The molecule has 1 aromatic heterocycles.